The molecule has 0 saturated carbocycles. The molecule has 0 amide bonds. The van der Waals surface area contributed by atoms with Crippen molar-refractivity contribution in [2.24, 2.45) is 5.73 Å². The first kappa shape index (κ1) is 11.0. The van der Waals surface area contributed by atoms with E-state index in [1.807, 2.05) is 0 Å². The zero-order chi connectivity index (χ0) is 10.7. The molecule has 7 heteroatoms. The van der Waals surface area contributed by atoms with Gasteiger partial charge in [0.2, 0.25) is 6.43 Å². The first-order chi connectivity index (χ1) is 6.56. The minimum absolute atomic E-state index is 0.140. The lowest BCUT2D eigenvalue weighted by molar-refractivity contribution is -0.380. The average Bonchev–Trinajstić information content (AvgIpc) is 2.53. The van der Waals surface area contributed by atoms with Crippen LogP contribution in [0.15, 0.2) is 12.1 Å². The summed E-state index contributed by atoms with van der Waals surface area (Å²) in [6.45, 7) is -0.213. The molecule has 0 aliphatic heterocycles. The molecule has 0 fully saturated rings. The van der Waals surface area contributed by atoms with E-state index in [-0.39, 0.29) is 16.4 Å². The predicted octanol–water partition coefficient (Wildman–Crippen LogP) is 1.96. The summed E-state index contributed by atoms with van der Waals surface area (Å²) in [5.41, 5.74) is 5.15. The van der Waals surface area contributed by atoms with Crippen molar-refractivity contribution in [3.63, 3.8) is 0 Å². The van der Waals surface area contributed by atoms with Crippen LogP contribution >= 0.6 is 11.3 Å². The molecule has 0 radical (unpaired) electrons. The van der Waals surface area contributed by atoms with Gasteiger partial charge in [0.25, 0.3) is 0 Å². The molecule has 0 saturated heterocycles. The molecule has 0 bridgehead atoms. The van der Waals surface area contributed by atoms with Crippen molar-refractivity contribution in [2.45, 2.75) is 12.3 Å². The average molecular weight is 222 g/mol. The molecule has 2 N–H and O–H groups in total. The van der Waals surface area contributed by atoms with Crippen molar-refractivity contribution in [1.82, 2.24) is 0 Å². The Balaban J connectivity index is 2.89. The maximum absolute atomic E-state index is 12.4. The molecule has 0 aliphatic carbocycles. The van der Waals surface area contributed by atoms with Crippen LogP contribution in [0, 0.1) is 10.1 Å². The first-order valence-corrected chi connectivity index (χ1v) is 4.60. The second-order valence-electron chi connectivity index (χ2n) is 2.61. The number of halogens is 2. The van der Waals surface area contributed by atoms with Gasteiger partial charge in [-0.1, -0.05) is 11.3 Å². The van der Waals surface area contributed by atoms with Crippen LogP contribution in [0.1, 0.15) is 10.8 Å². The minimum atomic E-state index is -2.58. The van der Waals surface area contributed by atoms with Crippen molar-refractivity contribution in [3.05, 3.63) is 27.1 Å². The Bertz CT molecular complexity index is 329. The first-order valence-electron chi connectivity index (χ1n) is 3.78. The molecule has 1 atom stereocenters. The van der Waals surface area contributed by atoms with Gasteiger partial charge in [-0.15, -0.1) is 0 Å². The summed E-state index contributed by atoms with van der Waals surface area (Å²) < 4.78 is 24.7. The fourth-order valence-corrected chi connectivity index (χ4v) is 1.92. The topological polar surface area (TPSA) is 69.2 Å². The summed E-state index contributed by atoms with van der Waals surface area (Å²) in [5, 5.41) is 10.2. The van der Waals surface area contributed by atoms with Crippen LogP contribution in [-0.4, -0.2) is 17.9 Å². The Kier molecular flexibility index (Phi) is 3.48. The third-order valence-corrected chi connectivity index (χ3v) is 2.88. The Labute approximate surface area is 82.5 Å². The zero-order valence-corrected chi connectivity index (χ0v) is 7.84. The highest BCUT2D eigenvalue weighted by atomic mass is 32.1. The van der Waals surface area contributed by atoms with Gasteiger partial charge >= 0.3 is 5.00 Å². The maximum atomic E-state index is 12.4. The van der Waals surface area contributed by atoms with Crippen LogP contribution in [0.4, 0.5) is 13.8 Å². The molecule has 1 unspecified atom stereocenters. The molecule has 1 aromatic rings. The molecule has 1 aromatic heterocycles. The Hall–Kier alpha value is -1.08. The quantitative estimate of drug-likeness (QED) is 0.625. The van der Waals surface area contributed by atoms with Gasteiger partial charge in [-0.3, -0.25) is 10.1 Å². The molecule has 1 heterocycles. The summed E-state index contributed by atoms with van der Waals surface area (Å²) in [5.74, 6) is -1.10. The Morgan fingerprint density at radius 1 is 1.57 bits per heavy atom. The summed E-state index contributed by atoms with van der Waals surface area (Å²) in [7, 11) is 0. The summed E-state index contributed by atoms with van der Waals surface area (Å²) in [6.07, 6.45) is -2.58. The van der Waals surface area contributed by atoms with Gasteiger partial charge in [-0.2, -0.15) is 0 Å². The fourth-order valence-electron chi connectivity index (χ4n) is 0.983. The van der Waals surface area contributed by atoms with Gasteiger partial charge < -0.3 is 5.73 Å². The van der Waals surface area contributed by atoms with Crippen molar-refractivity contribution >= 4 is 16.3 Å². The second kappa shape index (κ2) is 4.43. The van der Waals surface area contributed by atoms with Crippen molar-refractivity contribution < 1.29 is 13.7 Å². The minimum Gasteiger partial charge on any atom is -0.330 e. The number of hydrogen-bond donors (Lipinski definition) is 1. The third-order valence-electron chi connectivity index (χ3n) is 1.72. The summed E-state index contributed by atoms with van der Waals surface area (Å²) >= 11 is 0.743. The zero-order valence-electron chi connectivity index (χ0n) is 7.02. The van der Waals surface area contributed by atoms with Crippen LogP contribution in [0.3, 0.4) is 0 Å². The number of nitro groups is 1. The third kappa shape index (κ3) is 2.24. The van der Waals surface area contributed by atoms with E-state index in [9.17, 15) is 18.9 Å². The van der Waals surface area contributed by atoms with E-state index in [0.717, 1.165) is 11.3 Å². The highest BCUT2D eigenvalue weighted by Gasteiger charge is 2.24. The molecule has 1 rings (SSSR count). The van der Waals surface area contributed by atoms with E-state index >= 15 is 0 Å². The second-order valence-corrected chi connectivity index (χ2v) is 3.70. The van der Waals surface area contributed by atoms with E-state index in [4.69, 9.17) is 5.73 Å². The SMILES string of the molecule is NCC(c1ccc([N+](=O)[O-])s1)C(F)F. The number of rotatable bonds is 4. The Morgan fingerprint density at radius 2 is 2.21 bits per heavy atom. The number of hydrogen-bond acceptors (Lipinski definition) is 4. The highest BCUT2D eigenvalue weighted by Crippen LogP contribution is 2.32. The standard InChI is InChI=1S/C7H8F2N2O2S/c8-7(9)4(3-10)5-1-2-6(14-5)11(12)13/h1-2,4,7H,3,10H2. The summed E-state index contributed by atoms with van der Waals surface area (Å²) in [6, 6.07) is 2.54. The number of thiophene rings is 1. The number of alkyl halides is 2. The normalized spacial score (nSPS) is 13.1. The van der Waals surface area contributed by atoms with Gasteiger partial charge in [-0.25, -0.2) is 8.78 Å². The summed E-state index contributed by atoms with van der Waals surface area (Å²) in [4.78, 5) is 9.95. The van der Waals surface area contributed by atoms with Crippen LogP contribution in [0.25, 0.3) is 0 Å². The van der Waals surface area contributed by atoms with Gasteiger partial charge in [0, 0.05) is 17.5 Å². The molecular weight excluding hydrogens is 214 g/mol. The largest absolute Gasteiger partial charge is 0.330 e. The lowest BCUT2D eigenvalue weighted by Crippen LogP contribution is -2.18. The predicted molar refractivity (Wildman–Crippen MR) is 48.8 cm³/mol. The van der Waals surface area contributed by atoms with Gasteiger partial charge in [0.1, 0.15) is 0 Å². The Morgan fingerprint density at radius 3 is 2.57 bits per heavy atom. The highest BCUT2D eigenvalue weighted by molar-refractivity contribution is 7.15. The molecular formula is C7H8F2N2O2S. The molecule has 78 valence electrons. The van der Waals surface area contributed by atoms with Gasteiger partial charge in [-0.05, 0) is 6.07 Å². The van der Waals surface area contributed by atoms with Crippen molar-refractivity contribution in [2.75, 3.05) is 6.54 Å². The lowest BCUT2D eigenvalue weighted by atomic mass is 10.1. The smallest absolute Gasteiger partial charge is 0.324 e. The van der Waals surface area contributed by atoms with Crippen LogP contribution < -0.4 is 5.73 Å². The molecule has 14 heavy (non-hydrogen) atoms. The van der Waals surface area contributed by atoms with Crippen LogP contribution in [0.2, 0.25) is 0 Å². The maximum Gasteiger partial charge on any atom is 0.324 e. The van der Waals surface area contributed by atoms with E-state index in [0.29, 0.717) is 0 Å². The van der Waals surface area contributed by atoms with E-state index < -0.39 is 17.3 Å². The van der Waals surface area contributed by atoms with E-state index in [2.05, 4.69) is 0 Å². The van der Waals surface area contributed by atoms with Crippen molar-refractivity contribution in [1.29, 1.82) is 0 Å². The van der Waals surface area contributed by atoms with E-state index in [1.165, 1.54) is 12.1 Å². The molecule has 0 aliphatic rings. The lowest BCUT2D eigenvalue weighted by Gasteiger charge is -2.09. The number of nitrogens with two attached hydrogens (primary N) is 1. The van der Waals surface area contributed by atoms with Crippen LogP contribution in [-0.2, 0) is 0 Å². The van der Waals surface area contributed by atoms with Gasteiger partial charge in [0.15, 0.2) is 0 Å². The number of nitrogens with zero attached hydrogens (tertiary/aromatic N) is 1. The van der Waals surface area contributed by atoms with Gasteiger partial charge in [0.05, 0.1) is 10.8 Å². The molecule has 0 spiro atoms. The van der Waals surface area contributed by atoms with E-state index in [1.54, 1.807) is 0 Å². The fraction of sp³-hybridized carbons (Fsp3) is 0.429. The van der Waals surface area contributed by atoms with Crippen molar-refractivity contribution in [3.8, 4) is 0 Å². The van der Waals surface area contributed by atoms with Crippen LogP contribution in [0.5, 0.6) is 0 Å². The molecule has 4 nitrogen and oxygen atoms in total. The molecule has 0 aromatic carbocycles. The monoisotopic (exact) mass is 222 g/mol.